The van der Waals surface area contributed by atoms with Crippen LogP contribution in [0.15, 0.2) is 0 Å². The number of carboxylic acid groups (broad SMARTS) is 1. The molecular weight excluding hydrogens is 936 g/mol. The van der Waals surface area contributed by atoms with Crippen LogP contribution in [-0.4, -0.2) is 297 Å². The Kier molecular flexibility index (Phi) is 19.7. The third-order valence-corrected chi connectivity index (χ3v) is 12.1. The second kappa shape index (κ2) is 23.8. The van der Waals surface area contributed by atoms with E-state index in [4.69, 9.17) is 42.6 Å². The van der Waals surface area contributed by atoms with Crippen LogP contribution in [0.25, 0.3) is 0 Å². The standard InChI is InChI=1S/C37H62N2O29/c1-9(45)38-17-11(47)3-37(36(58)59,67-30(17)19(49)12(48)4-40)68-31-26(56)35(64-27-15(7-43)60-32(57)24(54)23(27)53)63-16(8-44)28(31)65-33-18(39-10(2)46)29(21(51)14(6-42)61-33)66-34-25(55)22(52)20(50)13(5-41)62-34/h11-35,40-44,47-57H,3-8H2,1-2H3,(H,38,45)(H,39,46)(H,58,59)/t11-,12+,13+,14+,15+,16+,17+,18+,19+,20-,21-,22-,23+,24+,25+,26+,27+,28-,29+,30+,31+,32-,33-,34-,35-,37-/m0/s1. The molecular formula is C37H62N2O29. The minimum absolute atomic E-state index is 0.856. The molecule has 0 aromatic rings. The largest absolute Gasteiger partial charge is 0.477 e. The third kappa shape index (κ3) is 11.8. The quantitative estimate of drug-likeness (QED) is 0.0606. The molecule has 31 heteroatoms. The van der Waals surface area contributed by atoms with Gasteiger partial charge in [-0.2, -0.15) is 0 Å². The van der Waals surface area contributed by atoms with E-state index in [1.54, 1.807) is 0 Å². The highest BCUT2D eigenvalue weighted by Gasteiger charge is 2.62. The van der Waals surface area contributed by atoms with Crippen molar-refractivity contribution in [1.29, 1.82) is 0 Å². The highest BCUT2D eigenvalue weighted by Crippen LogP contribution is 2.40. The van der Waals surface area contributed by atoms with E-state index in [9.17, 15) is 101 Å². The number of aliphatic hydroxyl groups excluding tert-OH is 16. The fraction of sp³-hybridized carbons (Fsp3) is 0.919. The molecule has 0 aromatic heterocycles. The topological polar surface area (TPSA) is 502 Å². The molecule has 0 aliphatic carbocycles. The molecule has 2 amide bonds. The van der Waals surface area contributed by atoms with Gasteiger partial charge in [0.25, 0.3) is 5.79 Å². The van der Waals surface area contributed by atoms with Crippen LogP contribution in [0.1, 0.15) is 20.3 Å². The fourth-order valence-electron chi connectivity index (χ4n) is 8.53. The lowest BCUT2D eigenvalue weighted by Gasteiger charge is -2.52. The number of aliphatic carboxylic acids is 1. The molecule has 26 atom stereocenters. The van der Waals surface area contributed by atoms with Crippen molar-refractivity contribution in [2.45, 2.75) is 179 Å². The number of carboxylic acids is 1. The summed E-state index contributed by atoms with van der Waals surface area (Å²) in [6, 6.07) is -3.59. The maximum Gasteiger partial charge on any atom is 0.364 e. The molecule has 0 bridgehead atoms. The second-order valence-corrected chi connectivity index (χ2v) is 16.8. The van der Waals surface area contributed by atoms with Crippen LogP contribution in [0.3, 0.4) is 0 Å². The van der Waals surface area contributed by atoms with E-state index in [1.807, 2.05) is 0 Å². The predicted octanol–water partition coefficient (Wildman–Crippen LogP) is -12.4. The lowest BCUT2D eigenvalue weighted by molar-refractivity contribution is -0.402. The van der Waals surface area contributed by atoms with Crippen molar-refractivity contribution in [3.05, 3.63) is 0 Å². The summed E-state index contributed by atoms with van der Waals surface area (Å²) in [6.45, 7) is -3.48. The van der Waals surface area contributed by atoms with Crippen LogP contribution >= 0.6 is 0 Å². The number of aliphatic hydroxyl groups is 16. The van der Waals surface area contributed by atoms with Gasteiger partial charge < -0.3 is 140 Å². The van der Waals surface area contributed by atoms with Crippen molar-refractivity contribution < 1.29 is 144 Å². The molecule has 5 aliphatic rings. The molecule has 5 aliphatic heterocycles. The zero-order chi connectivity index (χ0) is 50.7. The first-order chi connectivity index (χ1) is 32.0. The molecule has 5 heterocycles. The zero-order valence-electron chi connectivity index (χ0n) is 36.2. The summed E-state index contributed by atoms with van der Waals surface area (Å²) in [4.78, 5) is 38.3. The Morgan fingerprint density at radius 3 is 1.63 bits per heavy atom. The number of amides is 2. The molecule has 5 fully saturated rings. The van der Waals surface area contributed by atoms with Crippen LogP contribution < -0.4 is 10.6 Å². The van der Waals surface area contributed by atoms with E-state index in [-0.39, 0.29) is 0 Å². The van der Waals surface area contributed by atoms with Gasteiger partial charge in [0.1, 0.15) is 116 Å². The van der Waals surface area contributed by atoms with Crippen molar-refractivity contribution in [2.24, 2.45) is 0 Å². The first kappa shape index (κ1) is 56.3. The monoisotopic (exact) mass is 998 g/mol. The van der Waals surface area contributed by atoms with Crippen LogP contribution in [0.2, 0.25) is 0 Å². The maximum absolute atomic E-state index is 13.4. The maximum atomic E-state index is 13.4. The Balaban J connectivity index is 1.61. The average Bonchev–Trinajstić information content (AvgIpc) is 3.29. The van der Waals surface area contributed by atoms with E-state index in [1.165, 1.54) is 0 Å². The number of hydrogen-bond acceptors (Lipinski definition) is 28. The predicted molar refractivity (Wildman–Crippen MR) is 207 cm³/mol. The van der Waals surface area contributed by atoms with Gasteiger partial charge in [-0.15, -0.1) is 0 Å². The highest BCUT2D eigenvalue weighted by molar-refractivity contribution is 5.76. The normalized spacial score (nSPS) is 46.6. The third-order valence-electron chi connectivity index (χ3n) is 12.1. The summed E-state index contributed by atoms with van der Waals surface area (Å²) < 4.78 is 51.6. The first-order valence-electron chi connectivity index (χ1n) is 21.2. The van der Waals surface area contributed by atoms with Gasteiger partial charge in [0.05, 0.1) is 45.2 Å². The minimum Gasteiger partial charge on any atom is -0.477 e. The van der Waals surface area contributed by atoms with E-state index in [2.05, 4.69) is 10.6 Å². The lowest BCUT2D eigenvalue weighted by atomic mass is 9.88. The summed E-state index contributed by atoms with van der Waals surface area (Å²) in [5.41, 5.74) is 0. The molecule has 0 aromatic carbocycles. The van der Waals surface area contributed by atoms with E-state index in [0.29, 0.717) is 0 Å². The van der Waals surface area contributed by atoms with Crippen LogP contribution in [0.5, 0.6) is 0 Å². The van der Waals surface area contributed by atoms with Gasteiger partial charge in [-0.1, -0.05) is 0 Å². The van der Waals surface area contributed by atoms with Crippen LogP contribution in [0.4, 0.5) is 0 Å². The summed E-state index contributed by atoms with van der Waals surface area (Å²) in [7, 11) is 0. The lowest BCUT2D eigenvalue weighted by Crippen LogP contribution is -2.72. The number of carbonyl (C=O) groups excluding carboxylic acids is 2. The number of ether oxygens (including phenoxy) is 9. The van der Waals surface area contributed by atoms with Crippen molar-refractivity contribution >= 4 is 17.8 Å². The van der Waals surface area contributed by atoms with Crippen LogP contribution in [-0.2, 0) is 57.0 Å². The molecule has 0 saturated carbocycles. The van der Waals surface area contributed by atoms with Crippen molar-refractivity contribution in [1.82, 2.24) is 10.6 Å². The van der Waals surface area contributed by atoms with Gasteiger partial charge in [-0.3, -0.25) is 9.59 Å². The molecule has 68 heavy (non-hydrogen) atoms. The molecule has 19 N–H and O–H groups in total. The Hall–Kier alpha value is -2.59. The van der Waals surface area contributed by atoms with Gasteiger partial charge >= 0.3 is 5.97 Å². The van der Waals surface area contributed by atoms with Crippen LogP contribution in [0, 0.1) is 0 Å². The minimum atomic E-state index is -3.32. The molecule has 0 radical (unpaired) electrons. The molecule has 5 saturated heterocycles. The van der Waals surface area contributed by atoms with Crippen molar-refractivity contribution in [3.63, 3.8) is 0 Å². The van der Waals surface area contributed by atoms with Gasteiger partial charge in [-0.25, -0.2) is 4.79 Å². The van der Waals surface area contributed by atoms with Gasteiger partial charge in [0, 0.05) is 20.3 Å². The Labute approximate surface area is 384 Å². The van der Waals surface area contributed by atoms with Gasteiger partial charge in [-0.05, 0) is 0 Å². The number of rotatable bonds is 18. The summed E-state index contributed by atoms with van der Waals surface area (Å²) in [6.07, 6.45) is -48.5. The van der Waals surface area contributed by atoms with Gasteiger partial charge in [0.15, 0.2) is 25.2 Å². The summed E-state index contributed by atoms with van der Waals surface area (Å²) in [5, 5.41) is 185. The summed E-state index contributed by atoms with van der Waals surface area (Å²) >= 11 is 0. The smallest absolute Gasteiger partial charge is 0.364 e. The Bertz CT molecular complexity index is 1650. The Morgan fingerprint density at radius 2 is 1.07 bits per heavy atom. The summed E-state index contributed by atoms with van der Waals surface area (Å²) in [5.74, 6) is -7.24. The average molecular weight is 999 g/mol. The second-order valence-electron chi connectivity index (χ2n) is 16.8. The number of nitrogens with one attached hydrogen (secondary N) is 2. The number of carbonyl (C=O) groups is 3. The van der Waals surface area contributed by atoms with Gasteiger partial charge in [0.2, 0.25) is 11.8 Å². The SMILES string of the molecule is CC(=O)N[C@H]1[C@H](O[C@@H]2[C@H](O[C@]3(C(=O)O)C[C@H](O)[C@@H](NC(C)=O)[C@H]([C@H](O)[C@H](O)CO)O3)[C@@H](O)[C@H](O[C@H]3[C@H](O)[C@@H](O)[C@@H](O)O[C@@H]3CO)O[C@@H]2CO)O[C@H](CO)[C@H](O)[C@@H]1O[C@@H]1O[C@H](CO)[C@H](O)[C@H](O)[C@H]1O. The van der Waals surface area contributed by atoms with E-state index < -0.39 is 216 Å². The fourth-order valence-corrected chi connectivity index (χ4v) is 8.53. The molecule has 394 valence electrons. The molecule has 31 nitrogen and oxygen atoms in total. The molecule has 0 unspecified atom stereocenters. The Morgan fingerprint density at radius 1 is 0.574 bits per heavy atom. The first-order valence-corrected chi connectivity index (χ1v) is 21.2. The van der Waals surface area contributed by atoms with Crippen molar-refractivity contribution in [2.75, 3.05) is 33.0 Å². The molecule has 0 spiro atoms. The highest BCUT2D eigenvalue weighted by atomic mass is 16.8. The zero-order valence-corrected chi connectivity index (χ0v) is 36.2. The van der Waals surface area contributed by atoms with E-state index in [0.717, 1.165) is 13.8 Å². The van der Waals surface area contributed by atoms with Crippen molar-refractivity contribution in [3.8, 4) is 0 Å². The van der Waals surface area contributed by atoms with E-state index >= 15 is 0 Å². The molecule has 5 rings (SSSR count). The number of hydrogen-bond donors (Lipinski definition) is 19.